The lowest BCUT2D eigenvalue weighted by Gasteiger charge is -2.25. The van der Waals surface area contributed by atoms with E-state index in [1.165, 1.54) is 13.2 Å². The summed E-state index contributed by atoms with van der Waals surface area (Å²) in [7, 11) is 1.32. The highest BCUT2D eigenvalue weighted by Gasteiger charge is 2.33. The van der Waals surface area contributed by atoms with Crippen LogP contribution >= 0.6 is 11.3 Å². The number of thiazole rings is 1. The van der Waals surface area contributed by atoms with Gasteiger partial charge in [0.15, 0.2) is 5.69 Å². The van der Waals surface area contributed by atoms with Crippen LogP contribution < -0.4 is 4.90 Å². The molecule has 150 valence electrons. The van der Waals surface area contributed by atoms with Gasteiger partial charge in [-0.2, -0.15) is 0 Å². The normalized spacial score (nSPS) is 16.3. The molecule has 0 aliphatic carbocycles. The first-order valence-electron chi connectivity index (χ1n) is 9.56. The summed E-state index contributed by atoms with van der Waals surface area (Å²) in [5.41, 5.74) is 1.58. The van der Waals surface area contributed by atoms with Gasteiger partial charge in [-0.15, -0.1) is 11.3 Å². The minimum Gasteiger partial charge on any atom is -0.464 e. The number of likely N-dealkylation sites (tertiary alicyclic amines) is 1. The second-order valence-electron chi connectivity index (χ2n) is 6.75. The molecule has 0 spiro atoms. The summed E-state index contributed by atoms with van der Waals surface area (Å²) >= 11 is 1.59. The highest BCUT2D eigenvalue weighted by Crippen LogP contribution is 2.35. The summed E-state index contributed by atoms with van der Waals surface area (Å²) < 4.78 is 4.84. The lowest BCUT2D eigenvalue weighted by atomic mass is 10.1. The maximum Gasteiger partial charge on any atom is 0.356 e. The van der Waals surface area contributed by atoms with E-state index in [0.717, 1.165) is 36.6 Å². The van der Waals surface area contributed by atoms with Crippen molar-refractivity contribution in [1.82, 2.24) is 14.9 Å². The number of amides is 1. The Kier molecular flexibility index (Phi) is 6.28. The predicted molar refractivity (Wildman–Crippen MR) is 109 cm³/mol. The van der Waals surface area contributed by atoms with E-state index in [2.05, 4.69) is 9.97 Å². The highest BCUT2D eigenvalue weighted by molar-refractivity contribution is 7.09. The zero-order valence-corrected chi connectivity index (χ0v) is 17.6. The molecule has 2 aromatic rings. The smallest absolute Gasteiger partial charge is 0.356 e. The zero-order chi connectivity index (χ0) is 20.3. The molecule has 3 rings (SSSR count). The van der Waals surface area contributed by atoms with E-state index in [1.807, 2.05) is 36.0 Å². The van der Waals surface area contributed by atoms with Crippen molar-refractivity contribution in [2.24, 2.45) is 0 Å². The minimum absolute atomic E-state index is 0.0159. The van der Waals surface area contributed by atoms with Crippen LogP contribution in [0.25, 0.3) is 0 Å². The highest BCUT2D eigenvalue weighted by atomic mass is 32.1. The largest absolute Gasteiger partial charge is 0.464 e. The summed E-state index contributed by atoms with van der Waals surface area (Å²) in [6, 6.07) is 3.28. The number of anilines is 1. The number of hydrogen-bond donors (Lipinski definition) is 0. The van der Waals surface area contributed by atoms with Gasteiger partial charge in [0.05, 0.1) is 13.2 Å². The molecule has 1 fully saturated rings. The Morgan fingerprint density at radius 2 is 2.04 bits per heavy atom. The molecule has 0 aromatic carbocycles. The molecule has 0 unspecified atom stereocenters. The summed E-state index contributed by atoms with van der Waals surface area (Å²) in [5, 5.41) is 2.98. The molecule has 28 heavy (non-hydrogen) atoms. The SMILES string of the molecule is CCN(CC)c1cc(C(=O)N2CCC[C@@H]2c2nc(C)cs2)cc(C(=O)OC)n1. The number of aryl methyl sites for hydroxylation is 1. The van der Waals surface area contributed by atoms with Gasteiger partial charge in [-0.3, -0.25) is 4.79 Å². The summed E-state index contributed by atoms with van der Waals surface area (Å²) in [4.78, 5) is 38.3. The number of rotatable bonds is 6. The molecule has 1 atom stereocenters. The first-order chi connectivity index (χ1) is 13.5. The van der Waals surface area contributed by atoms with Crippen molar-refractivity contribution in [2.75, 3.05) is 31.6 Å². The van der Waals surface area contributed by atoms with E-state index in [4.69, 9.17) is 4.74 Å². The van der Waals surface area contributed by atoms with Crippen LogP contribution in [-0.2, 0) is 4.74 Å². The van der Waals surface area contributed by atoms with Crippen LogP contribution in [0.3, 0.4) is 0 Å². The monoisotopic (exact) mass is 402 g/mol. The molecule has 1 aliphatic heterocycles. The maximum absolute atomic E-state index is 13.4. The number of pyridine rings is 1. The van der Waals surface area contributed by atoms with Gasteiger partial charge in [-0.25, -0.2) is 14.8 Å². The summed E-state index contributed by atoms with van der Waals surface area (Å²) in [6.07, 6.45) is 1.84. The number of esters is 1. The lowest BCUT2D eigenvalue weighted by molar-refractivity contribution is 0.0594. The molecule has 1 aliphatic rings. The van der Waals surface area contributed by atoms with Crippen LogP contribution in [0.1, 0.15) is 64.3 Å². The van der Waals surface area contributed by atoms with Crippen LogP contribution in [0, 0.1) is 6.92 Å². The molecule has 8 heteroatoms. The molecule has 0 N–H and O–H groups in total. The molecule has 2 aromatic heterocycles. The van der Waals surface area contributed by atoms with Gasteiger partial charge in [-0.05, 0) is 45.7 Å². The van der Waals surface area contributed by atoms with Gasteiger partial charge in [0.25, 0.3) is 5.91 Å². The Balaban J connectivity index is 1.97. The minimum atomic E-state index is -0.545. The molecule has 0 saturated carbocycles. The van der Waals surface area contributed by atoms with Crippen LogP contribution in [0.2, 0.25) is 0 Å². The van der Waals surface area contributed by atoms with E-state index >= 15 is 0 Å². The Morgan fingerprint density at radius 3 is 2.64 bits per heavy atom. The van der Waals surface area contributed by atoms with Crippen LogP contribution in [-0.4, -0.2) is 53.5 Å². The number of hydrogen-bond acceptors (Lipinski definition) is 7. The second kappa shape index (κ2) is 8.68. The van der Waals surface area contributed by atoms with Crippen molar-refractivity contribution in [3.8, 4) is 0 Å². The van der Waals surface area contributed by atoms with Gasteiger partial charge in [0.2, 0.25) is 0 Å². The Hall–Kier alpha value is -2.48. The number of aromatic nitrogens is 2. The molecule has 7 nitrogen and oxygen atoms in total. The Bertz CT molecular complexity index is 863. The van der Waals surface area contributed by atoms with Gasteiger partial charge in [0.1, 0.15) is 10.8 Å². The van der Waals surface area contributed by atoms with Crippen LogP contribution in [0.15, 0.2) is 17.5 Å². The van der Waals surface area contributed by atoms with E-state index in [9.17, 15) is 9.59 Å². The van der Waals surface area contributed by atoms with Crippen LogP contribution in [0.4, 0.5) is 5.82 Å². The van der Waals surface area contributed by atoms with Crippen molar-refractivity contribution < 1.29 is 14.3 Å². The molecule has 0 radical (unpaired) electrons. The zero-order valence-electron chi connectivity index (χ0n) is 16.8. The van der Waals surface area contributed by atoms with Crippen LogP contribution in [0.5, 0.6) is 0 Å². The third-order valence-electron chi connectivity index (χ3n) is 4.98. The third-order valence-corrected chi connectivity index (χ3v) is 6.04. The standard InChI is InChI=1S/C20H26N4O3S/c1-5-23(6-2)17-11-14(10-15(22-17)20(26)27-4)19(25)24-9-7-8-16(24)18-21-13(3)12-28-18/h10-12,16H,5-9H2,1-4H3/t16-/m1/s1. The molecular formula is C20H26N4O3S. The first-order valence-corrected chi connectivity index (χ1v) is 10.4. The lowest BCUT2D eigenvalue weighted by Crippen LogP contribution is -2.31. The Morgan fingerprint density at radius 1 is 1.29 bits per heavy atom. The van der Waals surface area contributed by atoms with Crippen molar-refractivity contribution in [3.63, 3.8) is 0 Å². The number of methoxy groups -OCH3 is 1. The number of carbonyl (C=O) groups is 2. The van der Waals surface area contributed by atoms with Gasteiger partial charge in [0, 0.05) is 36.3 Å². The fraction of sp³-hybridized carbons (Fsp3) is 0.500. The fourth-order valence-corrected chi connectivity index (χ4v) is 4.46. The molecule has 3 heterocycles. The van der Waals surface area contributed by atoms with Gasteiger partial charge in [-0.1, -0.05) is 0 Å². The second-order valence-corrected chi connectivity index (χ2v) is 7.64. The average Bonchev–Trinajstić information content (AvgIpc) is 3.36. The first kappa shape index (κ1) is 20.3. The third kappa shape index (κ3) is 4.01. The molecule has 1 saturated heterocycles. The van der Waals surface area contributed by atoms with E-state index in [-0.39, 0.29) is 17.6 Å². The van der Waals surface area contributed by atoms with E-state index in [1.54, 1.807) is 17.4 Å². The molecular weight excluding hydrogens is 376 g/mol. The number of ether oxygens (including phenoxy) is 1. The molecule has 0 bridgehead atoms. The predicted octanol–water partition coefficient (Wildman–Crippen LogP) is 3.46. The summed E-state index contributed by atoms with van der Waals surface area (Å²) in [5.74, 6) is -0.0371. The number of carbonyl (C=O) groups excluding carboxylic acids is 2. The van der Waals surface area contributed by atoms with E-state index < -0.39 is 5.97 Å². The van der Waals surface area contributed by atoms with Gasteiger partial charge < -0.3 is 14.5 Å². The van der Waals surface area contributed by atoms with Crippen molar-refractivity contribution in [3.05, 3.63) is 39.5 Å². The molecule has 1 amide bonds. The van der Waals surface area contributed by atoms with Gasteiger partial charge >= 0.3 is 5.97 Å². The quantitative estimate of drug-likeness (QED) is 0.689. The fourth-order valence-electron chi connectivity index (χ4n) is 3.52. The Labute approximate surface area is 169 Å². The van der Waals surface area contributed by atoms with Crippen molar-refractivity contribution in [1.29, 1.82) is 0 Å². The maximum atomic E-state index is 13.4. The van der Waals surface area contributed by atoms with Crippen molar-refractivity contribution >= 4 is 29.0 Å². The number of nitrogens with zero attached hydrogens (tertiary/aromatic N) is 4. The van der Waals surface area contributed by atoms with E-state index in [0.29, 0.717) is 17.9 Å². The summed E-state index contributed by atoms with van der Waals surface area (Å²) in [6.45, 7) is 8.12. The topological polar surface area (TPSA) is 75.6 Å². The van der Waals surface area contributed by atoms with Crippen molar-refractivity contribution in [2.45, 2.75) is 39.7 Å². The average molecular weight is 403 g/mol.